The number of anilines is 1. The molecule has 1 aliphatic heterocycles. The number of rotatable bonds is 1. The Morgan fingerprint density at radius 2 is 2.06 bits per heavy atom. The third kappa shape index (κ3) is 1.31. The van der Waals surface area contributed by atoms with Crippen LogP contribution in [0.25, 0.3) is 5.69 Å². The number of nitrogen functional groups attached to an aromatic ring is 1. The molecule has 0 amide bonds. The fraction of sp³-hybridized carbons (Fsp3) is 0.250. The molecule has 1 aliphatic rings. The average molecular weight is 214 g/mol. The third-order valence-electron chi connectivity index (χ3n) is 2.98. The summed E-state index contributed by atoms with van der Waals surface area (Å²) < 4.78 is 1.95. The van der Waals surface area contributed by atoms with Gasteiger partial charge in [0.1, 0.15) is 0 Å². The highest BCUT2D eigenvalue weighted by Crippen LogP contribution is 2.25. The molecule has 82 valence electrons. The molecular formula is C12H14N4. The van der Waals surface area contributed by atoms with Gasteiger partial charge < -0.3 is 5.73 Å². The number of fused-ring (bicyclic) bond motifs is 1. The van der Waals surface area contributed by atoms with Crippen molar-refractivity contribution in [2.75, 3.05) is 12.8 Å². The van der Waals surface area contributed by atoms with E-state index in [0.717, 1.165) is 24.5 Å². The molecule has 2 N–H and O–H groups in total. The van der Waals surface area contributed by atoms with Crippen molar-refractivity contribution >= 4 is 5.69 Å². The Bertz CT molecular complexity index is 530. The van der Waals surface area contributed by atoms with Crippen molar-refractivity contribution in [3.05, 3.63) is 41.7 Å². The smallest absolute Gasteiger partial charge is 0.0878 e. The fourth-order valence-corrected chi connectivity index (χ4v) is 2.20. The summed E-state index contributed by atoms with van der Waals surface area (Å²) in [5, 5.41) is 4.41. The SMILES string of the molecule is CN1Cc2cnn(-c3ccccc3N)c2C1. The normalized spacial score (nSPS) is 15.3. The molecule has 1 aromatic heterocycles. The molecule has 4 nitrogen and oxygen atoms in total. The topological polar surface area (TPSA) is 47.1 Å². The van der Waals surface area contributed by atoms with E-state index in [1.165, 1.54) is 11.3 Å². The first-order chi connectivity index (χ1) is 7.75. The zero-order chi connectivity index (χ0) is 11.1. The summed E-state index contributed by atoms with van der Waals surface area (Å²) in [6, 6.07) is 7.83. The maximum atomic E-state index is 5.97. The van der Waals surface area contributed by atoms with Gasteiger partial charge in [0.05, 0.1) is 23.3 Å². The maximum absolute atomic E-state index is 5.97. The van der Waals surface area contributed by atoms with Gasteiger partial charge in [-0.3, -0.25) is 4.90 Å². The Balaban J connectivity index is 2.12. The largest absolute Gasteiger partial charge is 0.397 e. The second-order valence-corrected chi connectivity index (χ2v) is 4.26. The maximum Gasteiger partial charge on any atom is 0.0878 e. The molecule has 3 rings (SSSR count). The summed E-state index contributed by atoms with van der Waals surface area (Å²) in [6.07, 6.45) is 1.94. The van der Waals surface area contributed by atoms with E-state index in [4.69, 9.17) is 5.73 Å². The van der Waals surface area contributed by atoms with Crippen molar-refractivity contribution < 1.29 is 0 Å². The summed E-state index contributed by atoms with van der Waals surface area (Å²) in [6.45, 7) is 1.91. The molecule has 16 heavy (non-hydrogen) atoms. The molecule has 0 saturated heterocycles. The summed E-state index contributed by atoms with van der Waals surface area (Å²) in [5.74, 6) is 0. The predicted molar refractivity (Wildman–Crippen MR) is 63.1 cm³/mol. The fourth-order valence-electron chi connectivity index (χ4n) is 2.20. The van der Waals surface area contributed by atoms with E-state index < -0.39 is 0 Å². The Morgan fingerprint density at radius 1 is 1.25 bits per heavy atom. The summed E-state index contributed by atoms with van der Waals surface area (Å²) >= 11 is 0. The Kier molecular flexibility index (Phi) is 1.97. The van der Waals surface area contributed by atoms with Crippen LogP contribution in [0, 0.1) is 0 Å². The van der Waals surface area contributed by atoms with E-state index in [-0.39, 0.29) is 0 Å². The molecule has 1 aromatic carbocycles. The first-order valence-corrected chi connectivity index (χ1v) is 5.35. The van der Waals surface area contributed by atoms with Gasteiger partial charge in [0, 0.05) is 18.7 Å². The van der Waals surface area contributed by atoms with E-state index in [9.17, 15) is 0 Å². The van der Waals surface area contributed by atoms with Crippen molar-refractivity contribution in [1.29, 1.82) is 0 Å². The number of hydrogen-bond acceptors (Lipinski definition) is 3. The van der Waals surface area contributed by atoms with Gasteiger partial charge in [-0.1, -0.05) is 12.1 Å². The zero-order valence-electron chi connectivity index (χ0n) is 9.22. The van der Waals surface area contributed by atoms with Crippen molar-refractivity contribution in [1.82, 2.24) is 14.7 Å². The van der Waals surface area contributed by atoms with Gasteiger partial charge in [0.2, 0.25) is 0 Å². The molecule has 0 unspecified atom stereocenters. The lowest BCUT2D eigenvalue weighted by atomic mass is 10.2. The quantitative estimate of drug-likeness (QED) is 0.730. The molecule has 0 bridgehead atoms. The highest BCUT2D eigenvalue weighted by atomic mass is 15.3. The van der Waals surface area contributed by atoms with Gasteiger partial charge in [-0.2, -0.15) is 5.10 Å². The monoisotopic (exact) mass is 214 g/mol. The van der Waals surface area contributed by atoms with Gasteiger partial charge in [0.25, 0.3) is 0 Å². The van der Waals surface area contributed by atoms with Crippen LogP contribution >= 0.6 is 0 Å². The van der Waals surface area contributed by atoms with Crippen LogP contribution in [0.1, 0.15) is 11.3 Å². The van der Waals surface area contributed by atoms with E-state index in [0.29, 0.717) is 0 Å². The first-order valence-electron chi connectivity index (χ1n) is 5.35. The molecule has 0 saturated carbocycles. The second-order valence-electron chi connectivity index (χ2n) is 4.26. The number of nitrogens with two attached hydrogens (primary N) is 1. The molecular weight excluding hydrogens is 200 g/mol. The molecule has 4 heteroatoms. The lowest BCUT2D eigenvalue weighted by Crippen LogP contribution is -2.12. The van der Waals surface area contributed by atoms with E-state index in [1.807, 2.05) is 35.1 Å². The Hall–Kier alpha value is -1.81. The first kappa shape index (κ1) is 9.42. The van der Waals surface area contributed by atoms with Crippen LogP contribution in [0.4, 0.5) is 5.69 Å². The number of aromatic nitrogens is 2. The minimum atomic E-state index is 0.767. The summed E-state index contributed by atoms with van der Waals surface area (Å²) in [5.41, 5.74) is 10.3. The molecule has 2 aromatic rings. The molecule has 0 fully saturated rings. The van der Waals surface area contributed by atoms with E-state index in [2.05, 4.69) is 17.0 Å². The van der Waals surface area contributed by atoms with Gasteiger partial charge in [-0.25, -0.2) is 4.68 Å². The van der Waals surface area contributed by atoms with Crippen LogP contribution in [-0.4, -0.2) is 21.7 Å². The summed E-state index contributed by atoms with van der Waals surface area (Å²) in [4.78, 5) is 2.27. The van der Waals surface area contributed by atoms with E-state index >= 15 is 0 Å². The minimum Gasteiger partial charge on any atom is -0.397 e. The molecule has 0 aliphatic carbocycles. The number of nitrogens with zero attached hydrogens (tertiary/aromatic N) is 3. The van der Waals surface area contributed by atoms with Crippen LogP contribution < -0.4 is 5.73 Å². The second kappa shape index (κ2) is 3.35. The molecule has 0 atom stereocenters. The van der Waals surface area contributed by atoms with Crippen LogP contribution in [0.2, 0.25) is 0 Å². The number of para-hydroxylation sites is 2. The van der Waals surface area contributed by atoms with Crippen LogP contribution in [0.5, 0.6) is 0 Å². The lowest BCUT2D eigenvalue weighted by molar-refractivity contribution is 0.346. The summed E-state index contributed by atoms with van der Waals surface area (Å²) in [7, 11) is 2.11. The Labute approximate surface area is 94.3 Å². The Morgan fingerprint density at radius 3 is 2.88 bits per heavy atom. The third-order valence-corrected chi connectivity index (χ3v) is 2.98. The van der Waals surface area contributed by atoms with Crippen LogP contribution in [0.15, 0.2) is 30.5 Å². The molecule has 2 heterocycles. The average Bonchev–Trinajstić information content (AvgIpc) is 2.78. The standard InChI is InChI=1S/C12H14N4/c1-15-7-9-6-14-16(12(9)8-15)11-5-3-2-4-10(11)13/h2-6H,7-8,13H2,1H3. The highest BCUT2D eigenvalue weighted by molar-refractivity contribution is 5.58. The number of hydrogen-bond donors (Lipinski definition) is 1. The zero-order valence-corrected chi connectivity index (χ0v) is 9.22. The van der Waals surface area contributed by atoms with Gasteiger partial charge in [-0.15, -0.1) is 0 Å². The van der Waals surface area contributed by atoms with Crippen molar-refractivity contribution in [3.8, 4) is 5.69 Å². The van der Waals surface area contributed by atoms with Crippen molar-refractivity contribution in [2.24, 2.45) is 0 Å². The molecule has 0 spiro atoms. The van der Waals surface area contributed by atoms with Crippen LogP contribution in [-0.2, 0) is 13.1 Å². The van der Waals surface area contributed by atoms with Gasteiger partial charge in [-0.05, 0) is 19.2 Å². The number of benzene rings is 1. The van der Waals surface area contributed by atoms with Crippen molar-refractivity contribution in [3.63, 3.8) is 0 Å². The molecule has 0 radical (unpaired) electrons. The van der Waals surface area contributed by atoms with Crippen molar-refractivity contribution in [2.45, 2.75) is 13.1 Å². The highest BCUT2D eigenvalue weighted by Gasteiger charge is 2.21. The lowest BCUT2D eigenvalue weighted by Gasteiger charge is -2.10. The minimum absolute atomic E-state index is 0.767. The van der Waals surface area contributed by atoms with Gasteiger partial charge >= 0.3 is 0 Å². The van der Waals surface area contributed by atoms with Crippen LogP contribution in [0.3, 0.4) is 0 Å². The van der Waals surface area contributed by atoms with Gasteiger partial charge in [0.15, 0.2) is 0 Å². The van der Waals surface area contributed by atoms with E-state index in [1.54, 1.807) is 0 Å². The predicted octanol–water partition coefficient (Wildman–Crippen LogP) is 1.40.